The predicted octanol–water partition coefficient (Wildman–Crippen LogP) is 2.79. The maximum atomic E-state index is 13.4. The largest absolute Gasteiger partial charge is 0.327 e. The van der Waals surface area contributed by atoms with Crippen LogP contribution < -0.4 is 5.73 Å². The molecule has 1 heterocycles. The van der Waals surface area contributed by atoms with Gasteiger partial charge in [0.25, 0.3) is 0 Å². The van der Waals surface area contributed by atoms with Crippen molar-refractivity contribution in [3.05, 3.63) is 28.8 Å². The lowest BCUT2D eigenvalue weighted by atomic mass is 9.84. The Morgan fingerprint density at radius 2 is 2.13 bits per heavy atom. The van der Waals surface area contributed by atoms with Gasteiger partial charge in [0.15, 0.2) is 0 Å². The number of rotatable bonds is 2. The molecule has 15 heavy (non-hydrogen) atoms. The fourth-order valence-electron chi connectivity index (χ4n) is 1.11. The Morgan fingerprint density at radius 3 is 2.60 bits per heavy atom. The van der Waals surface area contributed by atoms with Crippen molar-refractivity contribution in [2.75, 3.05) is 0 Å². The van der Waals surface area contributed by atoms with Crippen LogP contribution in [0.1, 0.15) is 26.5 Å². The second kappa shape index (κ2) is 4.45. The van der Waals surface area contributed by atoms with Gasteiger partial charge in [0.1, 0.15) is 5.82 Å². The average molecular weight is 231 g/mol. The molecule has 0 aliphatic rings. The maximum Gasteiger partial charge on any atom is 0.146 e. The summed E-state index contributed by atoms with van der Waals surface area (Å²) in [6.45, 7) is 6.06. The zero-order valence-electron chi connectivity index (χ0n) is 9.22. The molecule has 0 bridgehead atoms. The minimum atomic E-state index is -0.387. The van der Waals surface area contributed by atoms with Gasteiger partial charge >= 0.3 is 0 Å². The highest BCUT2D eigenvalue weighted by Gasteiger charge is 2.22. The standard InChI is InChI=1S/C11H16ClFN2/c1-11(2,3)10(14)5-9-8(13)4-7(12)6-15-9/h4,6,10H,5,14H2,1-3H3. The van der Waals surface area contributed by atoms with E-state index in [4.69, 9.17) is 17.3 Å². The van der Waals surface area contributed by atoms with Crippen LogP contribution in [0.25, 0.3) is 0 Å². The molecule has 0 saturated carbocycles. The third-order valence-electron chi connectivity index (χ3n) is 2.41. The fraction of sp³-hybridized carbons (Fsp3) is 0.545. The summed E-state index contributed by atoms with van der Waals surface area (Å²) in [5.74, 6) is -0.387. The molecule has 0 aliphatic carbocycles. The lowest BCUT2D eigenvalue weighted by Gasteiger charge is -2.26. The van der Waals surface area contributed by atoms with Crippen molar-refractivity contribution in [1.82, 2.24) is 4.98 Å². The first-order valence-electron chi connectivity index (χ1n) is 4.86. The topological polar surface area (TPSA) is 38.9 Å². The zero-order valence-corrected chi connectivity index (χ0v) is 9.98. The molecule has 1 atom stereocenters. The summed E-state index contributed by atoms with van der Waals surface area (Å²) in [4.78, 5) is 3.94. The van der Waals surface area contributed by atoms with Crippen LogP contribution in [0.4, 0.5) is 4.39 Å². The number of halogens is 2. The molecule has 0 saturated heterocycles. The SMILES string of the molecule is CC(C)(C)C(N)Cc1ncc(Cl)cc1F. The van der Waals surface area contributed by atoms with Gasteiger partial charge in [-0.25, -0.2) is 4.39 Å². The Morgan fingerprint density at radius 1 is 1.53 bits per heavy atom. The van der Waals surface area contributed by atoms with E-state index in [1.165, 1.54) is 12.3 Å². The lowest BCUT2D eigenvalue weighted by Crippen LogP contribution is -2.37. The Kier molecular flexibility index (Phi) is 3.68. The van der Waals surface area contributed by atoms with E-state index in [1.807, 2.05) is 20.8 Å². The summed E-state index contributed by atoms with van der Waals surface area (Å²) in [7, 11) is 0. The fourth-order valence-corrected chi connectivity index (χ4v) is 1.25. The molecule has 0 aromatic carbocycles. The Balaban J connectivity index is 2.82. The molecular formula is C11H16ClFN2. The first-order valence-corrected chi connectivity index (χ1v) is 5.24. The Hall–Kier alpha value is -0.670. The molecular weight excluding hydrogens is 215 g/mol. The molecule has 84 valence electrons. The zero-order chi connectivity index (χ0) is 11.6. The van der Waals surface area contributed by atoms with Crippen molar-refractivity contribution in [1.29, 1.82) is 0 Å². The van der Waals surface area contributed by atoms with Crippen molar-refractivity contribution in [2.45, 2.75) is 33.2 Å². The lowest BCUT2D eigenvalue weighted by molar-refractivity contribution is 0.314. The monoisotopic (exact) mass is 230 g/mol. The van der Waals surface area contributed by atoms with E-state index in [9.17, 15) is 4.39 Å². The summed E-state index contributed by atoms with van der Waals surface area (Å²) in [5, 5.41) is 0.306. The van der Waals surface area contributed by atoms with Gasteiger partial charge in [-0.05, 0) is 11.5 Å². The highest BCUT2D eigenvalue weighted by molar-refractivity contribution is 6.30. The van der Waals surface area contributed by atoms with Crippen LogP contribution in [-0.2, 0) is 6.42 Å². The van der Waals surface area contributed by atoms with Gasteiger partial charge in [-0.15, -0.1) is 0 Å². The molecule has 4 heteroatoms. The molecule has 0 radical (unpaired) electrons. The van der Waals surface area contributed by atoms with Gasteiger partial charge in [-0.3, -0.25) is 4.98 Å². The summed E-state index contributed by atoms with van der Waals surface area (Å²) < 4.78 is 13.4. The van der Waals surface area contributed by atoms with Crippen LogP contribution in [0.5, 0.6) is 0 Å². The molecule has 0 amide bonds. The van der Waals surface area contributed by atoms with E-state index in [0.717, 1.165) is 0 Å². The molecule has 1 aromatic rings. The second-order valence-electron chi connectivity index (χ2n) is 4.76. The Labute approximate surface area is 94.6 Å². The van der Waals surface area contributed by atoms with Gasteiger partial charge in [-0.1, -0.05) is 32.4 Å². The first kappa shape index (κ1) is 12.4. The third kappa shape index (κ3) is 3.43. The maximum absolute atomic E-state index is 13.4. The molecule has 2 N–H and O–H groups in total. The number of nitrogens with two attached hydrogens (primary N) is 1. The highest BCUT2D eigenvalue weighted by Crippen LogP contribution is 2.21. The van der Waals surface area contributed by atoms with E-state index >= 15 is 0 Å². The smallest absolute Gasteiger partial charge is 0.146 e. The van der Waals surface area contributed by atoms with E-state index < -0.39 is 0 Å². The highest BCUT2D eigenvalue weighted by atomic mass is 35.5. The van der Waals surface area contributed by atoms with Crippen LogP contribution in [0.15, 0.2) is 12.3 Å². The number of pyridine rings is 1. The molecule has 1 rings (SSSR count). The summed E-state index contributed by atoms with van der Waals surface area (Å²) >= 11 is 5.61. The molecule has 0 aliphatic heterocycles. The van der Waals surface area contributed by atoms with Crippen molar-refractivity contribution in [3.8, 4) is 0 Å². The van der Waals surface area contributed by atoms with E-state index in [1.54, 1.807) is 0 Å². The number of hydrogen-bond acceptors (Lipinski definition) is 2. The van der Waals surface area contributed by atoms with Gasteiger partial charge in [0.2, 0.25) is 0 Å². The van der Waals surface area contributed by atoms with Gasteiger partial charge in [0, 0.05) is 18.7 Å². The number of aromatic nitrogens is 1. The predicted molar refractivity (Wildman–Crippen MR) is 60.3 cm³/mol. The van der Waals surface area contributed by atoms with Gasteiger partial charge in [0.05, 0.1) is 10.7 Å². The third-order valence-corrected chi connectivity index (χ3v) is 2.62. The van der Waals surface area contributed by atoms with E-state index in [0.29, 0.717) is 17.1 Å². The minimum Gasteiger partial charge on any atom is -0.327 e. The van der Waals surface area contributed by atoms with Crippen molar-refractivity contribution >= 4 is 11.6 Å². The molecule has 0 spiro atoms. The van der Waals surface area contributed by atoms with Crippen molar-refractivity contribution in [3.63, 3.8) is 0 Å². The van der Waals surface area contributed by atoms with Crippen molar-refractivity contribution in [2.24, 2.45) is 11.1 Å². The van der Waals surface area contributed by atoms with Crippen LogP contribution in [-0.4, -0.2) is 11.0 Å². The minimum absolute atomic E-state index is 0.0617. The van der Waals surface area contributed by atoms with Crippen LogP contribution in [0.2, 0.25) is 5.02 Å². The molecule has 0 fully saturated rings. The summed E-state index contributed by atoms with van der Waals surface area (Å²) in [6, 6.07) is 1.14. The quantitative estimate of drug-likeness (QED) is 0.849. The molecule has 1 aromatic heterocycles. The van der Waals surface area contributed by atoms with Crippen LogP contribution >= 0.6 is 11.6 Å². The average Bonchev–Trinajstić information content (AvgIpc) is 2.08. The molecule has 2 nitrogen and oxygen atoms in total. The van der Waals surface area contributed by atoms with Crippen LogP contribution in [0, 0.1) is 11.2 Å². The Bertz CT molecular complexity index is 347. The van der Waals surface area contributed by atoms with Gasteiger partial charge < -0.3 is 5.73 Å². The summed E-state index contributed by atoms with van der Waals surface area (Å²) in [5.41, 5.74) is 6.26. The number of hydrogen-bond donors (Lipinski definition) is 1. The van der Waals surface area contributed by atoms with E-state index in [-0.39, 0.29) is 17.3 Å². The normalized spacial score (nSPS) is 14.0. The number of nitrogens with zero attached hydrogens (tertiary/aromatic N) is 1. The van der Waals surface area contributed by atoms with Crippen molar-refractivity contribution < 1.29 is 4.39 Å². The second-order valence-corrected chi connectivity index (χ2v) is 5.20. The molecule has 1 unspecified atom stereocenters. The first-order chi connectivity index (χ1) is 6.80. The van der Waals surface area contributed by atoms with Crippen LogP contribution in [0.3, 0.4) is 0 Å². The summed E-state index contributed by atoms with van der Waals surface area (Å²) in [6.07, 6.45) is 1.86. The van der Waals surface area contributed by atoms with E-state index in [2.05, 4.69) is 4.98 Å². The van der Waals surface area contributed by atoms with Gasteiger partial charge in [-0.2, -0.15) is 0 Å².